The number of rotatable bonds is 7. The predicted octanol–water partition coefficient (Wildman–Crippen LogP) is 3.01. The van der Waals surface area contributed by atoms with Gasteiger partial charge in [-0.2, -0.15) is 0 Å². The molecule has 2 aromatic rings. The minimum absolute atomic E-state index is 0.0524. The summed E-state index contributed by atoms with van der Waals surface area (Å²) in [5.41, 5.74) is 0.518. The van der Waals surface area contributed by atoms with Gasteiger partial charge >= 0.3 is 11.6 Å². The molecule has 0 aliphatic carbocycles. The van der Waals surface area contributed by atoms with E-state index in [4.69, 9.17) is 16.0 Å². The SMILES string of the molecule is CC[C@@H](C)[C@H](NC(=O)CCc1c(C)c2cc(Cl)c(O)cc2oc1=O)C(=O)O. The van der Waals surface area contributed by atoms with Crippen molar-refractivity contribution in [1.82, 2.24) is 5.32 Å². The number of phenolic OH excluding ortho intramolecular Hbond substituents is 1. The molecule has 2 atom stereocenters. The van der Waals surface area contributed by atoms with Gasteiger partial charge in [-0.15, -0.1) is 0 Å². The first-order valence-corrected chi connectivity index (χ1v) is 9.00. The number of carboxylic acids is 1. The van der Waals surface area contributed by atoms with Crippen LogP contribution in [0.25, 0.3) is 11.0 Å². The monoisotopic (exact) mass is 395 g/mol. The Labute approximate surface area is 160 Å². The van der Waals surface area contributed by atoms with E-state index < -0.39 is 23.5 Å². The molecule has 0 saturated carbocycles. The van der Waals surface area contributed by atoms with Crippen LogP contribution in [-0.4, -0.2) is 28.1 Å². The Bertz CT molecular complexity index is 936. The van der Waals surface area contributed by atoms with Crippen molar-refractivity contribution in [2.45, 2.75) is 46.1 Å². The van der Waals surface area contributed by atoms with Gasteiger partial charge in [-0.1, -0.05) is 31.9 Å². The Balaban J connectivity index is 2.21. The smallest absolute Gasteiger partial charge is 0.339 e. The second-order valence-corrected chi connectivity index (χ2v) is 6.97. The van der Waals surface area contributed by atoms with E-state index in [2.05, 4.69) is 5.32 Å². The number of aryl methyl sites for hydroxylation is 1. The molecule has 1 amide bonds. The summed E-state index contributed by atoms with van der Waals surface area (Å²) >= 11 is 5.92. The van der Waals surface area contributed by atoms with Crippen molar-refractivity contribution >= 4 is 34.4 Å². The fraction of sp³-hybridized carbons (Fsp3) is 0.421. The second kappa shape index (κ2) is 8.43. The molecule has 0 radical (unpaired) electrons. The number of halogens is 1. The molecule has 0 unspecified atom stereocenters. The van der Waals surface area contributed by atoms with E-state index in [1.807, 2.05) is 6.92 Å². The number of hydrogen-bond donors (Lipinski definition) is 3. The normalized spacial score (nSPS) is 13.3. The van der Waals surface area contributed by atoms with Gasteiger partial charge in [-0.3, -0.25) is 4.79 Å². The van der Waals surface area contributed by atoms with E-state index in [1.54, 1.807) is 13.8 Å². The molecule has 27 heavy (non-hydrogen) atoms. The molecular formula is C19H22ClNO6. The molecule has 1 aromatic heterocycles. The summed E-state index contributed by atoms with van der Waals surface area (Å²) in [6, 6.07) is 1.79. The van der Waals surface area contributed by atoms with Crippen LogP contribution < -0.4 is 10.9 Å². The van der Waals surface area contributed by atoms with Crippen molar-refractivity contribution in [2.75, 3.05) is 0 Å². The lowest BCUT2D eigenvalue weighted by molar-refractivity contribution is -0.143. The standard InChI is InChI=1S/C19H22ClNO6/c1-4-9(2)17(18(24)25)21-16(23)6-5-11-10(3)12-7-13(20)14(22)8-15(12)27-19(11)26/h7-9,17,22H,4-6H2,1-3H3,(H,21,23)(H,24,25)/t9-,17+/m1/s1. The number of carboxylic acid groups (broad SMARTS) is 1. The molecule has 7 nitrogen and oxygen atoms in total. The lowest BCUT2D eigenvalue weighted by Gasteiger charge is -2.20. The van der Waals surface area contributed by atoms with Crippen LogP contribution in [0.4, 0.5) is 0 Å². The van der Waals surface area contributed by atoms with E-state index in [0.29, 0.717) is 22.9 Å². The first-order chi connectivity index (χ1) is 12.6. The van der Waals surface area contributed by atoms with E-state index in [9.17, 15) is 24.6 Å². The Morgan fingerprint density at radius 3 is 2.59 bits per heavy atom. The average molecular weight is 396 g/mol. The summed E-state index contributed by atoms with van der Waals surface area (Å²) in [7, 11) is 0. The van der Waals surface area contributed by atoms with Gasteiger partial charge in [0, 0.05) is 23.4 Å². The number of aromatic hydroxyl groups is 1. The third-order valence-electron chi connectivity index (χ3n) is 4.75. The summed E-state index contributed by atoms with van der Waals surface area (Å²) in [6.07, 6.45) is 0.655. The first-order valence-electron chi connectivity index (χ1n) is 8.62. The van der Waals surface area contributed by atoms with Gasteiger partial charge in [-0.25, -0.2) is 9.59 Å². The maximum atomic E-state index is 12.2. The molecule has 0 fully saturated rings. The van der Waals surface area contributed by atoms with E-state index >= 15 is 0 Å². The molecule has 0 bridgehead atoms. The summed E-state index contributed by atoms with van der Waals surface area (Å²) in [5.74, 6) is -1.95. The summed E-state index contributed by atoms with van der Waals surface area (Å²) in [4.78, 5) is 35.7. The van der Waals surface area contributed by atoms with Crippen LogP contribution in [0.5, 0.6) is 5.75 Å². The highest BCUT2D eigenvalue weighted by Crippen LogP contribution is 2.30. The average Bonchev–Trinajstić information content (AvgIpc) is 2.60. The van der Waals surface area contributed by atoms with Crippen LogP contribution in [0.1, 0.15) is 37.8 Å². The maximum absolute atomic E-state index is 12.2. The lowest BCUT2D eigenvalue weighted by atomic mass is 9.98. The molecule has 0 aliphatic heterocycles. The number of aliphatic carboxylic acids is 1. The molecule has 146 valence electrons. The highest BCUT2D eigenvalue weighted by atomic mass is 35.5. The molecule has 1 aromatic carbocycles. The lowest BCUT2D eigenvalue weighted by Crippen LogP contribution is -2.45. The van der Waals surface area contributed by atoms with Gasteiger partial charge in [0.05, 0.1) is 5.02 Å². The number of nitrogens with one attached hydrogen (secondary N) is 1. The van der Waals surface area contributed by atoms with Gasteiger partial charge < -0.3 is 19.9 Å². The van der Waals surface area contributed by atoms with Crippen LogP contribution in [-0.2, 0) is 16.0 Å². The molecule has 3 N–H and O–H groups in total. The fourth-order valence-corrected chi connectivity index (χ4v) is 3.02. The van der Waals surface area contributed by atoms with Gasteiger partial charge in [0.1, 0.15) is 17.4 Å². The van der Waals surface area contributed by atoms with Crippen molar-refractivity contribution in [2.24, 2.45) is 5.92 Å². The van der Waals surface area contributed by atoms with Crippen LogP contribution in [0.3, 0.4) is 0 Å². The van der Waals surface area contributed by atoms with Crippen molar-refractivity contribution in [3.63, 3.8) is 0 Å². The number of carbonyl (C=O) groups is 2. The Morgan fingerprint density at radius 2 is 2.00 bits per heavy atom. The highest BCUT2D eigenvalue weighted by Gasteiger charge is 2.25. The largest absolute Gasteiger partial charge is 0.506 e. The van der Waals surface area contributed by atoms with Gasteiger partial charge in [-0.05, 0) is 30.9 Å². The summed E-state index contributed by atoms with van der Waals surface area (Å²) in [6.45, 7) is 5.30. The van der Waals surface area contributed by atoms with E-state index in [1.165, 1.54) is 12.1 Å². The first kappa shape index (κ1) is 20.8. The highest BCUT2D eigenvalue weighted by molar-refractivity contribution is 6.32. The van der Waals surface area contributed by atoms with Crippen molar-refractivity contribution < 1.29 is 24.2 Å². The van der Waals surface area contributed by atoms with Gasteiger partial charge in [0.15, 0.2) is 0 Å². The zero-order valence-corrected chi connectivity index (χ0v) is 16.1. The minimum atomic E-state index is -1.09. The topological polar surface area (TPSA) is 117 Å². The molecule has 8 heteroatoms. The fourth-order valence-electron chi connectivity index (χ4n) is 2.85. The molecule has 0 aliphatic rings. The van der Waals surface area contributed by atoms with Crippen molar-refractivity contribution in [1.29, 1.82) is 0 Å². The predicted molar refractivity (Wildman–Crippen MR) is 101 cm³/mol. The summed E-state index contributed by atoms with van der Waals surface area (Å²) < 4.78 is 5.22. The number of phenols is 1. The zero-order valence-electron chi connectivity index (χ0n) is 15.3. The number of carbonyl (C=O) groups excluding carboxylic acids is 1. The van der Waals surface area contributed by atoms with Gasteiger partial charge in [0.25, 0.3) is 0 Å². The molecule has 2 rings (SSSR count). The summed E-state index contributed by atoms with van der Waals surface area (Å²) in [5, 5.41) is 22.1. The third-order valence-corrected chi connectivity index (χ3v) is 5.06. The third kappa shape index (κ3) is 4.60. The Morgan fingerprint density at radius 1 is 1.33 bits per heavy atom. The van der Waals surface area contributed by atoms with E-state index in [0.717, 1.165) is 0 Å². The van der Waals surface area contributed by atoms with Gasteiger partial charge in [0.2, 0.25) is 5.91 Å². The second-order valence-electron chi connectivity index (χ2n) is 6.56. The van der Waals surface area contributed by atoms with Crippen LogP contribution >= 0.6 is 11.6 Å². The van der Waals surface area contributed by atoms with Crippen LogP contribution in [0.15, 0.2) is 21.3 Å². The molecular weight excluding hydrogens is 374 g/mol. The number of amides is 1. The van der Waals surface area contributed by atoms with Crippen molar-refractivity contribution in [3.8, 4) is 5.75 Å². The number of hydrogen-bond acceptors (Lipinski definition) is 5. The zero-order chi connectivity index (χ0) is 20.3. The van der Waals surface area contributed by atoms with E-state index in [-0.39, 0.29) is 35.1 Å². The Kier molecular flexibility index (Phi) is 6.49. The van der Waals surface area contributed by atoms with Crippen LogP contribution in [0.2, 0.25) is 5.02 Å². The van der Waals surface area contributed by atoms with Crippen LogP contribution in [0, 0.1) is 12.8 Å². The Hall–Kier alpha value is -2.54. The number of benzene rings is 1. The quantitative estimate of drug-likeness (QED) is 0.620. The number of fused-ring (bicyclic) bond motifs is 1. The van der Waals surface area contributed by atoms with Crippen molar-refractivity contribution in [3.05, 3.63) is 38.7 Å². The molecule has 1 heterocycles. The maximum Gasteiger partial charge on any atom is 0.339 e. The molecule has 0 saturated heterocycles. The molecule has 0 spiro atoms. The minimum Gasteiger partial charge on any atom is -0.506 e.